The van der Waals surface area contributed by atoms with Gasteiger partial charge >= 0.3 is 11.4 Å². The molecular formula is C34H45N5O6. The van der Waals surface area contributed by atoms with Gasteiger partial charge in [0.15, 0.2) is 0 Å². The molecule has 3 aromatic rings. The Balaban J connectivity index is 2.24. The Morgan fingerprint density at radius 2 is 0.956 bits per heavy atom. The van der Waals surface area contributed by atoms with Gasteiger partial charge in [-0.1, -0.05) is 78.6 Å². The number of nitrogens with one attached hydrogen (secondary N) is 1. The third-order valence-corrected chi connectivity index (χ3v) is 9.55. The second kappa shape index (κ2) is 15.0. The molecule has 0 atom stereocenters. The molecule has 0 saturated heterocycles. The van der Waals surface area contributed by atoms with Gasteiger partial charge in [0, 0.05) is 0 Å². The molecule has 0 spiro atoms. The highest BCUT2D eigenvalue weighted by molar-refractivity contribution is 5.81. The van der Waals surface area contributed by atoms with Gasteiger partial charge < -0.3 is 0 Å². The molecule has 0 fully saturated rings. The number of anilines is 3. The number of hydrogen-bond acceptors (Lipinski definition) is 8. The lowest BCUT2D eigenvalue weighted by atomic mass is 9.72. The largest absolute Gasteiger partial charge is 0.308 e. The van der Waals surface area contributed by atoms with E-state index in [4.69, 9.17) is 0 Å². The van der Waals surface area contributed by atoms with Crippen LogP contribution >= 0.6 is 0 Å². The van der Waals surface area contributed by atoms with Crippen LogP contribution in [0.25, 0.3) is 0 Å². The van der Waals surface area contributed by atoms with E-state index in [0.717, 1.165) is 63.5 Å². The van der Waals surface area contributed by atoms with Crippen molar-refractivity contribution in [3.05, 3.63) is 102 Å². The highest BCUT2D eigenvalue weighted by Crippen LogP contribution is 2.43. The van der Waals surface area contributed by atoms with Gasteiger partial charge in [-0.05, 0) is 84.7 Å². The number of nitrogens with zero attached hydrogens (tertiary/aromatic N) is 4. The van der Waals surface area contributed by atoms with Crippen LogP contribution in [0.5, 0.6) is 0 Å². The predicted molar refractivity (Wildman–Crippen MR) is 179 cm³/mol. The summed E-state index contributed by atoms with van der Waals surface area (Å²) in [5.74, 6) is 0. The maximum atomic E-state index is 12.1. The molecule has 1 N–H and O–H groups in total. The van der Waals surface area contributed by atoms with Crippen molar-refractivity contribution in [2.24, 2.45) is 0 Å². The maximum absolute atomic E-state index is 12.1. The molecule has 45 heavy (non-hydrogen) atoms. The number of hydrazine groups is 1. The first-order chi connectivity index (χ1) is 21.5. The molecule has 0 aliphatic heterocycles. The summed E-state index contributed by atoms with van der Waals surface area (Å²) in [4.78, 5) is 33.1. The van der Waals surface area contributed by atoms with E-state index in [1.807, 2.05) is 48.5 Å². The van der Waals surface area contributed by atoms with E-state index in [1.54, 1.807) is 5.01 Å². The topological polar surface area (TPSA) is 145 Å². The highest BCUT2D eigenvalue weighted by Gasteiger charge is 2.33. The van der Waals surface area contributed by atoms with Gasteiger partial charge in [-0.3, -0.25) is 40.8 Å². The van der Waals surface area contributed by atoms with E-state index >= 15 is 0 Å². The number of non-ortho nitro benzene ring substituents is 1. The normalized spacial score (nSPS) is 11.7. The van der Waals surface area contributed by atoms with Crippen LogP contribution in [0.2, 0.25) is 0 Å². The van der Waals surface area contributed by atoms with Gasteiger partial charge in [0.1, 0.15) is 0 Å². The Morgan fingerprint density at radius 3 is 1.22 bits per heavy atom. The van der Waals surface area contributed by atoms with E-state index in [9.17, 15) is 30.3 Å². The van der Waals surface area contributed by atoms with E-state index in [0.29, 0.717) is 11.4 Å². The highest BCUT2D eigenvalue weighted by atomic mass is 16.6. The van der Waals surface area contributed by atoms with E-state index in [2.05, 4.69) is 47.0 Å². The Labute approximate surface area is 265 Å². The molecule has 0 unspecified atom stereocenters. The van der Waals surface area contributed by atoms with Crippen LogP contribution in [0.3, 0.4) is 0 Å². The molecule has 0 bridgehead atoms. The quantitative estimate of drug-likeness (QED) is 0.116. The molecule has 11 heteroatoms. The maximum Gasteiger partial charge on any atom is 0.308 e. The van der Waals surface area contributed by atoms with E-state index in [1.165, 1.54) is 11.1 Å². The lowest BCUT2D eigenvalue weighted by molar-refractivity contribution is -0.401. The summed E-state index contributed by atoms with van der Waals surface area (Å²) in [7, 11) is 0. The standard InChI is InChI=1S/C34H45N5O6/c1-7-21-33(9-3,10-4)25-13-17-27(18-14-25)36(28-19-15-26(16-20-28)34(11-5,12-6)22-8-2)35-32-30(38(42)43)23-29(37(40)41)24-31(32)39(44)45/h13-20,23-24,35H,7-12,21-22H2,1-6H3. The Morgan fingerprint density at radius 1 is 0.600 bits per heavy atom. The van der Waals surface area contributed by atoms with Gasteiger partial charge in [0.2, 0.25) is 5.69 Å². The summed E-state index contributed by atoms with van der Waals surface area (Å²) in [6.45, 7) is 13.1. The predicted octanol–water partition coefficient (Wildman–Crippen LogP) is 10.3. The fraction of sp³-hybridized carbons (Fsp3) is 0.471. The third kappa shape index (κ3) is 7.24. The van der Waals surface area contributed by atoms with Crippen LogP contribution in [-0.4, -0.2) is 14.8 Å². The number of nitro groups is 3. The summed E-state index contributed by atoms with van der Waals surface area (Å²) >= 11 is 0. The zero-order chi connectivity index (χ0) is 33.4. The van der Waals surface area contributed by atoms with Crippen molar-refractivity contribution >= 4 is 34.1 Å². The summed E-state index contributed by atoms with van der Waals surface area (Å²) in [5, 5.41) is 37.2. The molecule has 0 radical (unpaired) electrons. The van der Waals surface area contributed by atoms with Crippen molar-refractivity contribution in [2.45, 2.75) is 104 Å². The number of rotatable bonds is 17. The fourth-order valence-corrected chi connectivity index (χ4v) is 6.69. The molecule has 3 aromatic carbocycles. The first-order valence-corrected chi connectivity index (χ1v) is 15.8. The first-order valence-electron chi connectivity index (χ1n) is 15.8. The minimum absolute atomic E-state index is 0.00599. The average molecular weight is 620 g/mol. The second-order valence-electron chi connectivity index (χ2n) is 11.6. The fourth-order valence-electron chi connectivity index (χ4n) is 6.69. The molecule has 0 heterocycles. The van der Waals surface area contributed by atoms with E-state index < -0.39 is 37.5 Å². The van der Waals surface area contributed by atoms with Gasteiger partial charge in [0.25, 0.3) is 5.69 Å². The van der Waals surface area contributed by atoms with Crippen molar-refractivity contribution in [1.29, 1.82) is 0 Å². The smallest absolute Gasteiger partial charge is 0.282 e. The Kier molecular flexibility index (Phi) is 11.6. The monoisotopic (exact) mass is 619 g/mol. The number of nitro benzene ring substituents is 3. The van der Waals surface area contributed by atoms with Crippen LogP contribution in [0, 0.1) is 30.3 Å². The van der Waals surface area contributed by atoms with Crippen LogP contribution < -0.4 is 10.4 Å². The first kappa shape index (κ1) is 34.9. The molecule has 3 rings (SSSR count). The molecule has 0 saturated carbocycles. The van der Waals surface area contributed by atoms with Crippen LogP contribution in [0.1, 0.15) is 104 Å². The summed E-state index contributed by atoms with van der Waals surface area (Å²) < 4.78 is 0. The number of benzene rings is 3. The molecule has 0 aromatic heterocycles. The molecule has 242 valence electrons. The van der Waals surface area contributed by atoms with Crippen LogP contribution in [-0.2, 0) is 10.8 Å². The van der Waals surface area contributed by atoms with Crippen molar-refractivity contribution in [1.82, 2.24) is 0 Å². The van der Waals surface area contributed by atoms with Crippen molar-refractivity contribution in [3.63, 3.8) is 0 Å². The van der Waals surface area contributed by atoms with E-state index in [-0.39, 0.29) is 10.8 Å². The lowest BCUT2D eigenvalue weighted by Gasteiger charge is -2.34. The SMILES string of the molecule is CCCC(CC)(CC)c1ccc(N(Nc2c([N+](=O)[O-])cc([N+](=O)[O-])cc2[N+](=O)[O-])c2ccc(C(CC)(CC)CCC)cc2)cc1. The molecule has 0 aliphatic rings. The Hall–Kier alpha value is -4.54. The minimum Gasteiger partial charge on any atom is -0.282 e. The van der Waals surface area contributed by atoms with Gasteiger partial charge in [0.05, 0.1) is 38.3 Å². The van der Waals surface area contributed by atoms with Crippen molar-refractivity contribution in [3.8, 4) is 0 Å². The van der Waals surface area contributed by atoms with Crippen molar-refractivity contribution in [2.75, 3.05) is 10.4 Å². The lowest BCUT2D eigenvalue weighted by Crippen LogP contribution is -2.27. The molecule has 0 aliphatic carbocycles. The minimum atomic E-state index is -0.882. The van der Waals surface area contributed by atoms with Crippen molar-refractivity contribution < 1.29 is 14.8 Å². The molecule has 11 nitrogen and oxygen atoms in total. The summed E-state index contributed by atoms with van der Waals surface area (Å²) in [6.07, 6.45) is 7.99. The van der Waals surface area contributed by atoms with Gasteiger partial charge in [-0.15, -0.1) is 0 Å². The summed E-state index contributed by atoms with van der Waals surface area (Å²) in [6, 6.07) is 17.2. The summed E-state index contributed by atoms with van der Waals surface area (Å²) in [5.41, 5.74) is 3.75. The number of hydrogen-bond donors (Lipinski definition) is 1. The van der Waals surface area contributed by atoms with Crippen LogP contribution in [0.4, 0.5) is 34.1 Å². The Bertz CT molecular complexity index is 1380. The van der Waals surface area contributed by atoms with Gasteiger partial charge in [-0.2, -0.15) is 0 Å². The second-order valence-corrected chi connectivity index (χ2v) is 11.6. The zero-order valence-electron chi connectivity index (χ0n) is 27.2. The third-order valence-electron chi connectivity index (χ3n) is 9.55. The van der Waals surface area contributed by atoms with Crippen LogP contribution in [0.15, 0.2) is 60.7 Å². The van der Waals surface area contributed by atoms with Gasteiger partial charge in [-0.25, -0.2) is 0 Å². The average Bonchev–Trinajstić information content (AvgIpc) is 3.05. The molecule has 0 amide bonds. The molecular weight excluding hydrogens is 574 g/mol. The zero-order valence-corrected chi connectivity index (χ0v) is 27.2.